The lowest BCUT2D eigenvalue weighted by Crippen LogP contribution is -2.08. The van der Waals surface area contributed by atoms with Crippen molar-refractivity contribution in [3.63, 3.8) is 0 Å². The Bertz CT molecular complexity index is 627. The highest BCUT2D eigenvalue weighted by Gasteiger charge is 2.17. The minimum absolute atomic E-state index is 0.0383. The predicted molar refractivity (Wildman–Crippen MR) is 69.6 cm³/mol. The number of carboxylic acids is 1. The zero-order valence-electron chi connectivity index (χ0n) is 10.1. The van der Waals surface area contributed by atoms with Gasteiger partial charge in [-0.25, -0.2) is 13.9 Å². The molecule has 5 nitrogen and oxygen atoms in total. The molecule has 0 fully saturated rings. The number of hydrogen-bond donors (Lipinski definition) is 1. The van der Waals surface area contributed by atoms with E-state index in [9.17, 15) is 9.18 Å². The number of carboxylic acid groups (broad SMARTS) is 1. The molecule has 2 aromatic rings. The molecule has 0 spiro atoms. The smallest absolute Gasteiger partial charge is 0.358 e. The Morgan fingerprint density at radius 1 is 1.53 bits per heavy atom. The van der Waals surface area contributed by atoms with Crippen molar-refractivity contribution in [1.29, 1.82) is 0 Å². The third-order valence-corrected chi connectivity index (χ3v) is 3.30. The summed E-state index contributed by atoms with van der Waals surface area (Å²) in [5.41, 5.74) is 1.32. The SMILES string of the molecule is CCc1c(C(=O)O)nnn1Cc1ccc(F)c(Br)c1. The summed E-state index contributed by atoms with van der Waals surface area (Å²) in [7, 11) is 0. The van der Waals surface area contributed by atoms with Crippen LogP contribution in [0.15, 0.2) is 22.7 Å². The third-order valence-electron chi connectivity index (χ3n) is 2.69. The highest BCUT2D eigenvalue weighted by molar-refractivity contribution is 9.10. The molecule has 7 heteroatoms. The van der Waals surface area contributed by atoms with E-state index < -0.39 is 5.97 Å². The van der Waals surface area contributed by atoms with Crippen molar-refractivity contribution >= 4 is 21.9 Å². The van der Waals surface area contributed by atoms with Crippen molar-refractivity contribution < 1.29 is 14.3 Å². The summed E-state index contributed by atoms with van der Waals surface area (Å²) in [5, 5.41) is 16.5. The largest absolute Gasteiger partial charge is 0.476 e. The fourth-order valence-electron chi connectivity index (χ4n) is 1.79. The third kappa shape index (κ3) is 2.81. The van der Waals surface area contributed by atoms with Crippen molar-refractivity contribution in [3.05, 3.63) is 45.4 Å². The van der Waals surface area contributed by atoms with Crippen molar-refractivity contribution in [3.8, 4) is 0 Å². The van der Waals surface area contributed by atoms with E-state index in [0.29, 0.717) is 23.1 Å². The average molecular weight is 328 g/mol. The van der Waals surface area contributed by atoms with Crippen LogP contribution < -0.4 is 0 Å². The first-order valence-corrected chi connectivity index (χ1v) is 6.41. The van der Waals surface area contributed by atoms with Gasteiger partial charge in [-0.1, -0.05) is 18.2 Å². The van der Waals surface area contributed by atoms with Crippen LogP contribution >= 0.6 is 15.9 Å². The first-order chi connectivity index (χ1) is 9.02. The predicted octanol–water partition coefficient (Wildman–Crippen LogP) is 2.49. The lowest BCUT2D eigenvalue weighted by Gasteiger charge is -2.06. The number of aromatic carboxylic acids is 1. The number of aromatic nitrogens is 3. The summed E-state index contributed by atoms with van der Waals surface area (Å²) >= 11 is 3.11. The van der Waals surface area contributed by atoms with Crippen molar-refractivity contribution in [2.45, 2.75) is 19.9 Å². The lowest BCUT2D eigenvalue weighted by molar-refractivity contribution is 0.0689. The van der Waals surface area contributed by atoms with Crippen molar-refractivity contribution in [2.75, 3.05) is 0 Å². The fraction of sp³-hybridized carbons (Fsp3) is 0.250. The second-order valence-corrected chi connectivity index (χ2v) is 4.80. The van der Waals surface area contributed by atoms with E-state index >= 15 is 0 Å². The van der Waals surface area contributed by atoms with Crippen LogP contribution in [0.1, 0.15) is 28.7 Å². The molecule has 0 unspecified atom stereocenters. The van der Waals surface area contributed by atoms with Gasteiger partial charge in [0.1, 0.15) is 5.82 Å². The van der Waals surface area contributed by atoms with Crippen molar-refractivity contribution in [1.82, 2.24) is 15.0 Å². The number of nitrogens with zero attached hydrogens (tertiary/aromatic N) is 3. The van der Waals surface area contributed by atoms with Gasteiger partial charge in [0.25, 0.3) is 0 Å². The van der Waals surface area contributed by atoms with Crippen LogP contribution in [0.25, 0.3) is 0 Å². The fourth-order valence-corrected chi connectivity index (χ4v) is 2.21. The first-order valence-electron chi connectivity index (χ1n) is 5.62. The van der Waals surface area contributed by atoms with Gasteiger partial charge < -0.3 is 5.11 Å². The monoisotopic (exact) mass is 327 g/mol. The molecule has 1 heterocycles. The summed E-state index contributed by atoms with van der Waals surface area (Å²) in [6, 6.07) is 4.61. The van der Waals surface area contributed by atoms with Gasteiger partial charge in [0.05, 0.1) is 16.7 Å². The number of benzene rings is 1. The van der Waals surface area contributed by atoms with Crippen LogP contribution in [0.2, 0.25) is 0 Å². The zero-order valence-corrected chi connectivity index (χ0v) is 11.7. The standard InChI is InChI=1S/C12H11BrFN3O2/c1-2-10-11(12(18)19)15-16-17(10)6-7-3-4-9(14)8(13)5-7/h3-5H,2,6H2,1H3,(H,18,19). The highest BCUT2D eigenvalue weighted by atomic mass is 79.9. The molecular weight excluding hydrogens is 317 g/mol. The molecule has 0 saturated heterocycles. The minimum atomic E-state index is -1.09. The normalized spacial score (nSPS) is 10.7. The van der Waals surface area contributed by atoms with Crippen LogP contribution in [0.4, 0.5) is 4.39 Å². The number of carbonyl (C=O) groups is 1. The molecule has 1 aromatic heterocycles. The molecule has 0 saturated carbocycles. The van der Waals surface area contributed by atoms with Gasteiger partial charge in [0, 0.05) is 0 Å². The first kappa shape index (κ1) is 13.7. The van der Waals surface area contributed by atoms with Gasteiger partial charge in [-0.05, 0) is 40.0 Å². The van der Waals surface area contributed by atoms with Crippen LogP contribution in [0.3, 0.4) is 0 Å². The molecule has 1 aromatic carbocycles. The summed E-state index contributed by atoms with van der Waals surface area (Å²) in [6.45, 7) is 2.19. The molecule has 1 N–H and O–H groups in total. The highest BCUT2D eigenvalue weighted by Crippen LogP contribution is 2.18. The summed E-state index contributed by atoms with van der Waals surface area (Å²) in [4.78, 5) is 11.0. The Labute approximate surface area is 117 Å². The summed E-state index contributed by atoms with van der Waals surface area (Å²) in [5.74, 6) is -1.44. The Kier molecular flexibility index (Phi) is 3.94. The quantitative estimate of drug-likeness (QED) is 0.936. The second kappa shape index (κ2) is 5.48. The minimum Gasteiger partial charge on any atom is -0.476 e. The van der Waals surface area contributed by atoms with E-state index in [4.69, 9.17) is 5.11 Å². The van der Waals surface area contributed by atoms with E-state index in [1.54, 1.807) is 12.1 Å². The molecule has 0 aliphatic rings. The average Bonchev–Trinajstić information content (AvgIpc) is 2.76. The van der Waals surface area contributed by atoms with Crippen LogP contribution in [-0.4, -0.2) is 26.1 Å². The Balaban J connectivity index is 2.33. The number of rotatable bonds is 4. The maximum Gasteiger partial charge on any atom is 0.358 e. The Morgan fingerprint density at radius 2 is 2.26 bits per heavy atom. The van der Waals surface area contributed by atoms with Crippen LogP contribution in [0.5, 0.6) is 0 Å². The molecule has 0 atom stereocenters. The molecule has 0 aliphatic heterocycles. The number of hydrogen-bond acceptors (Lipinski definition) is 3. The van der Waals surface area contributed by atoms with Crippen LogP contribution in [0, 0.1) is 5.82 Å². The molecule has 19 heavy (non-hydrogen) atoms. The summed E-state index contributed by atoms with van der Waals surface area (Å²) < 4.78 is 15.0. The maximum atomic E-state index is 13.1. The molecule has 0 amide bonds. The van der Waals surface area contributed by atoms with Gasteiger partial charge >= 0.3 is 5.97 Å². The molecule has 0 radical (unpaired) electrons. The van der Waals surface area contributed by atoms with Gasteiger partial charge in [-0.2, -0.15) is 0 Å². The summed E-state index contributed by atoms with van der Waals surface area (Å²) in [6.07, 6.45) is 0.511. The maximum absolute atomic E-state index is 13.1. The zero-order chi connectivity index (χ0) is 14.0. The molecule has 0 bridgehead atoms. The van der Waals surface area contributed by atoms with E-state index in [0.717, 1.165) is 5.56 Å². The molecule has 0 aliphatic carbocycles. The lowest BCUT2D eigenvalue weighted by atomic mass is 10.2. The molecular formula is C12H11BrFN3O2. The Morgan fingerprint density at radius 3 is 2.84 bits per heavy atom. The van der Waals surface area contributed by atoms with E-state index in [1.165, 1.54) is 10.7 Å². The Hall–Kier alpha value is -1.76. The van der Waals surface area contributed by atoms with Crippen molar-refractivity contribution in [2.24, 2.45) is 0 Å². The molecule has 100 valence electrons. The number of halogens is 2. The van der Waals surface area contributed by atoms with Gasteiger partial charge in [0.2, 0.25) is 0 Å². The van der Waals surface area contributed by atoms with Gasteiger partial charge in [-0.3, -0.25) is 0 Å². The molecule has 2 rings (SSSR count). The van der Waals surface area contributed by atoms with E-state index in [-0.39, 0.29) is 11.5 Å². The van der Waals surface area contributed by atoms with Crippen LogP contribution in [-0.2, 0) is 13.0 Å². The van der Waals surface area contributed by atoms with E-state index in [2.05, 4.69) is 26.2 Å². The second-order valence-electron chi connectivity index (χ2n) is 3.95. The van der Waals surface area contributed by atoms with Gasteiger partial charge in [0.15, 0.2) is 5.69 Å². The topological polar surface area (TPSA) is 68.0 Å². The van der Waals surface area contributed by atoms with Gasteiger partial charge in [-0.15, -0.1) is 5.10 Å². The van der Waals surface area contributed by atoms with E-state index in [1.807, 2.05) is 6.92 Å².